The minimum absolute atomic E-state index is 0. The number of benzene rings is 8. The molecule has 10 rings (SSSR count). The minimum Gasteiger partial charge on any atom is -0.506 e. The van der Waals surface area contributed by atoms with Gasteiger partial charge in [-0.2, -0.15) is 12.1 Å². The fraction of sp³-hybridized carbons (Fsp3) is 0.0200. The van der Waals surface area contributed by atoms with E-state index >= 15 is 0 Å². The molecule has 0 atom stereocenters. The SMILES string of the molecule is [2H]c1c([2H])c([2H])c(-c2cccc(-c3c([2H])c([2H])c([2H])c([2H])c3[2H])c2-[n+]2[c-]n(-c3[c-]c(Oc4[c-]c5c6c(OC)cccc6n(-c6ccccc6)c5cc4)ccc3)c3ccccc32)c([2H])c1[2H].[Pt]. The molecule has 0 fully saturated rings. The van der Waals surface area contributed by atoms with E-state index in [1.54, 1.807) is 58.7 Å². The van der Waals surface area contributed by atoms with E-state index in [0.717, 1.165) is 27.5 Å². The van der Waals surface area contributed by atoms with Crippen LogP contribution >= 0.6 is 0 Å². The quantitative estimate of drug-likeness (QED) is 0.112. The van der Waals surface area contributed by atoms with Crippen LogP contribution in [-0.4, -0.2) is 16.2 Å². The Kier molecular flexibility index (Phi) is 6.74. The molecular weight excluding hydrogens is 870 g/mol. The van der Waals surface area contributed by atoms with E-state index < -0.39 is 60.4 Å². The van der Waals surface area contributed by atoms with Gasteiger partial charge in [0, 0.05) is 43.8 Å². The maximum Gasteiger partial charge on any atom is 0.268 e. The molecule has 0 bridgehead atoms. The number of hydrogen-bond donors (Lipinski definition) is 0. The molecule has 0 saturated carbocycles. The average molecular weight is 913 g/mol. The Bertz CT molecular complexity index is 3450. The molecule has 0 unspecified atom stereocenters. The van der Waals surface area contributed by atoms with E-state index in [-0.39, 0.29) is 49.0 Å². The average Bonchev–Trinajstić information content (AvgIpc) is 3.88. The van der Waals surface area contributed by atoms with E-state index in [0.29, 0.717) is 34.0 Å². The predicted molar refractivity (Wildman–Crippen MR) is 220 cm³/mol. The number of rotatable bonds is 8. The summed E-state index contributed by atoms with van der Waals surface area (Å²) < 4.78 is 104. The first-order chi connectivity index (χ1) is 31.4. The standard InChI is InChI=1S/C50H33N3O2.Pt/c1-54-48-29-15-28-47-49(48)43-33-40(30-31-44(43)53(47)37-20-9-4-10-21-37)55-39-23-13-22-38(32-39)51-34-52(46-27-12-11-26-45(46)51)50-41(35-16-5-2-6-17-35)24-14-25-42(50)36-18-7-3-8-19-36;/h2-31H,1H3;/q-2;/i2D,3D,5D,6D,7D,8D,16D,17D,18D,19D;. The van der Waals surface area contributed by atoms with Gasteiger partial charge in [0.05, 0.1) is 43.3 Å². The molecule has 0 spiro atoms. The fourth-order valence-electron chi connectivity index (χ4n) is 7.12. The van der Waals surface area contributed by atoms with E-state index in [1.807, 2.05) is 78.9 Å². The van der Waals surface area contributed by atoms with Gasteiger partial charge in [0.1, 0.15) is 0 Å². The van der Waals surface area contributed by atoms with Crippen LogP contribution in [0.3, 0.4) is 0 Å². The van der Waals surface area contributed by atoms with Crippen molar-refractivity contribution in [2.24, 2.45) is 0 Å². The second-order valence-electron chi connectivity index (χ2n) is 12.6. The van der Waals surface area contributed by atoms with Gasteiger partial charge in [-0.25, -0.2) is 0 Å². The van der Waals surface area contributed by atoms with Crippen molar-refractivity contribution < 1.29 is 48.8 Å². The first-order valence-electron chi connectivity index (χ1n) is 22.4. The van der Waals surface area contributed by atoms with Crippen LogP contribution in [0.2, 0.25) is 0 Å². The Hall–Kier alpha value is -6.68. The second kappa shape index (κ2) is 14.9. The summed E-state index contributed by atoms with van der Waals surface area (Å²) in [5.74, 6) is 1.47. The molecule has 56 heavy (non-hydrogen) atoms. The van der Waals surface area contributed by atoms with Gasteiger partial charge in [-0.1, -0.05) is 139 Å². The Balaban J connectivity index is 0.00000548. The zero-order chi connectivity index (χ0) is 45.4. The summed E-state index contributed by atoms with van der Waals surface area (Å²) in [6, 6.07) is 38.7. The van der Waals surface area contributed by atoms with Gasteiger partial charge in [0.2, 0.25) is 0 Å². The van der Waals surface area contributed by atoms with Crippen LogP contribution in [0.25, 0.3) is 72.2 Å². The molecule has 0 N–H and O–H groups in total. The summed E-state index contributed by atoms with van der Waals surface area (Å²) in [4.78, 5) is 0. The normalized spacial score (nSPS) is 13.7. The zero-order valence-corrected chi connectivity index (χ0v) is 31.8. The van der Waals surface area contributed by atoms with E-state index in [2.05, 4.69) is 23.0 Å². The van der Waals surface area contributed by atoms with Crippen molar-refractivity contribution in [3.05, 3.63) is 200 Å². The zero-order valence-electron chi connectivity index (χ0n) is 39.5. The van der Waals surface area contributed by atoms with Gasteiger partial charge in [0.15, 0.2) is 0 Å². The van der Waals surface area contributed by atoms with Gasteiger partial charge >= 0.3 is 0 Å². The third-order valence-electron chi connectivity index (χ3n) is 9.44. The molecule has 8 aromatic carbocycles. The van der Waals surface area contributed by atoms with Crippen molar-refractivity contribution in [1.82, 2.24) is 9.13 Å². The Morgan fingerprint density at radius 3 is 1.96 bits per heavy atom. The number of para-hydroxylation sites is 4. The van der Waals surface area contributed by atoms with E-state index in [1.165, 1.54) is 0 Å². The number of imidazole rings is 1. The number of nitrogens with zero attached hydrogens (tertiary/aromatic N) is 3. The van der Waals surface area contributed by atoms with Crippen LogP contribution < -0.4 is 14.0 Å². The van der Waals surface area contributed by atoms with Crippen LogP contribution in [0.4, 0.5) is 0 Å². The van der Waals surface area contributed by atoms with Crippen molar-refractivity contribution in [2.75, 3.05) is 7.11 Å². The maximum absolute atomic E-state index is 8.97. The van der Waals surface area contributed by atoms with Crippen LogP contribution in [0, 0.1) is 18.5 Å². The Morgan fingerprint density at radius 2 is 1.23 bits per heavy atom. The number of hydrogen-bond acceptors (Lipinski definition) is 2. The molecule has 6 heteroatoms. The van der Waals surface area contributed by atoms with Crippen molar-refractivity contribution in [3.63, 3.8) is 0 Å². The van der Waals surface area contributed by atoms with Crippen molar-refractivity contribution in [3.8, 4) is 56.6 Å². The van der Waals surface area contributed by atoms with Crippen LogP contribution in [-0.2, 0) is 21.1 Å². The number of fused-ring (bicyclic) bond motifs is 4. The monoisotopic (exact) mass is 912 g/mol. The molecular formula is C50H33N3O2Pt-2. The summed E-state index contributed by atoms with van der Waals surface area (Å²) in [6.45, 7) is 0. The molecule has 0 aliphatic heterocycles. The van der Waals surface area contributed by atoms with Gasteiger partial charge in [-0.3, -0.25) is 4.57 Å². The van der Waals surface area contributed by atoms with Crippen molar-refractivity contribution >= 4 is 32.8 Å². The Morgan fingerprint density at radius 1 is 0.589 bits per heavy atom. The van der Waals surface area contributed by atoms with Gasteiger partial charge in [-0.05, 0) is 63.1 Å². The number of ether oxygens (including phenoxy) is 2. The smallest absolute Gasteiger partial charge is 0.268 e. The summed E-state index contributed by atoms with van der Waals surface area (Å²) in [7, 11) is 1.64. The molecule has 2 aromatic heterocycles. The number of aromatic nitrogens is 3. The largest absolute Gasteiger partial charge is 0.506 e. The maximum atomic E-state index is 8.97. The molecule has 5 nitrogen and oxygen atoms in total. The van der Waals surface area contributed by atoms with Gasteiger partial charge in [0.25, 0.3) is 6.33 Å². The van der Waals surface area contributed by atoms with E-state index in [4.69, 9.17) is 23.2 Å². The summed E-state index contributed by atoms with van der Waals surface area (Å²) in [5, 5.41) is 1.68. The molecule has 0 amide bonds. The first-order valence-corrected chi connectivity index (χ1v) is 17.4. The topological polar surface area (TPSA) is 32.2 Å². The van der Waals surface area contributed by atoms with Crippen LogP contribution in [0.15, 0.2) is 182 Å². The van der Waals surface area contributed by atoms with Crippen LogP contribution in [0.1, 0.15) is 13.7 Å². The summed E-state index contributed by atoms with van der Waals surface area (Å²) in [5.41, 5.74) is 4.64. The molecule has 0 saturated heterocycles. The molecule has 0 radical (unpaired) electrons. The summed E-state index contributed by atoms with van der Waals surface area (Å²) in [6.07, 6.45) is 3.38. The number of methoxy groups -OCH3 is 1. The minimum atomic E-state index is -0.572. The summed E-state index contributed by atoms with van der Waals surface area (Å²) >= 11 is 0. The molecule has 0 aliphatic rings. The first kappa shape index (κ1) is 25.4. The molecule has 0 aliphatic carbocycles. The van der Waals surface area contributed by atoms with Gasteiger partial charge in [-0.15, -0.1) is 23.6 Å². The molecule has 10 aromatic rings. The van der Waals surface area contributed by atoms with Crippen molar-refractivity contribution in [2.45, 2.75) is 0 Å². The fourth-order valence-corrected chi connectivity index (χ4v) is 7.12. The molecule has 272 valence electrons. The molecule has 2 heterocycles. The second-order valence-corrected chi connectivity index (χ2v) is 12.6. The van der Waals surface area contributed by atoms with E-state index in [9.17, 15) is 0 Å². The van der Waals surface area contributed by atoms with Gasteiger partial charge < -0.3 is 18.6 Å². The van der Waals surface area contributed by atoms with Crippen LogP contribution in [0.5, 0.6) is 17.2 Å². The Labute approximate surface area is 353 Å². The predicted octanol–water partition coefficient (Wildman–Crippen LogP) is 11.5. The third-order valence-corrected chi connectivity index (χ3v) is 9.44. The van der Waals surface area contributed by atoms with Crippen molar-refractivity contribution in [1.29, 1.82) is 0 Å². The third kappa shape index (κ3) is 6.07.